The van der Waals surface area contributed by atoms with Crippen molar-refractivity contribution in [3.8, 4) is 11.5 Å². The van der Waals surface area contributed by atoms with Crippen molar-refractivity contribution in [2.45, 2.75) is 33.4 Å². The van der Waals surface area contributed by atoms with Gasteiger partial charge in [-0.1, -0.05) is 42.3 Å². The molecular formula is C32H31Cl2N7O5. The Hall–Kier alpha value is -5.07. The summed E-state index contributed by atoms with van der Waals surface area (Å²) in [6, 6.07) is 15.3. The minimum absolute atomic E-state index is 0.0543. The van der Waals surface area contributed by atoms with Gasteiger partial charge in [0.1, 0.15) is 27.4 Å². The summed E-state index contributed by atoms with van der Waals surface area (Å²) in [7, 11) is 2.91. The van der Waals surface area contributed by atoms with Gasteiger partial charge in [0, 0.05) is 48.2 Å². The van der Waals surface area contributed by atoms with Crippen molar-refractivity contribution in [2.75, 3.05) is 40.0 Å². The van der Waals surface area contributed by atoms with E-state index in [9.17, 15) is 14.4 Å². The van der Waals surface area contributed by atoms with Crippen LogP contribution in [0.5, 0.6) is 11.5 Å². The molecule has 12 nitrogen and oxygen atoms in total. The molecule has 1 aromatic heterocycles. The zero-order valence-electron chi connectivity index (χ0n) is 25.5. The highest BCUT2D eigenvalue weighted by molar-refractivity contribution is 6.42. The minimum atomic E-state index is -0.459. The third-order valence-corrected chi connectivity index (χ3v) is 7.77. The van der Waals surface area contributed by atoms with Gasteiger partial charge in [-0.05, 0) is 42.0 Å². The number of hydrogen-bond donors (Lipinski definition) is 3. The predicted molar refractivity (Wildman–Crippen MR) is 179 cm³/mol. The number of nitrogens with one attached hydrogen (secondary N) is 3. The lowest BCUT2D eigenvalue weighted by molar-refractivity contribution is -0.116. The van der Waals surface area contributed by atoms with Crippen molar-refractivity contribution in [1.82, 2.24) is 9.97 Å². The number of aromatic nitrogens is 2. The SMILES string of the molecule is CCC(=O)Nc1cccc(CN2C(=O)N(c3c(Cl)c(OC)cc(OC)c3Cl)Cc3cnc(Nc4ccc(NC(C)=O)cc4)nc32)c1. The van der Waals surface area contributed by atoms with Gasteiger partial charge >= 0.3 is 6.03 Å². The quantitative estimate of drug-likeness (QED) is 0.165. The molecule has 0 saturated heterocycles. The van der Waals surface area contributed by atoms with Crippen LogP contribution in [0, 0.1) is 0 Å². The molecular weight excluding hydrogens is 633 g/mol. The van der Waals surface area contributed by atoms with Crippen LogP contribution in [0.15, 0.2) is 60.8 Å². The van der Waals surface area contributed by atoms with Crippen molar-refractivity contribution < 1.29 is 23.9 Å². The van der Waals surface area contributed by atoms with Crippen molar-refractivity contribution in [1.29, 1.82) is 0 Å². The van der Waals surface area contributed by atoms with Gasteiger partial charge in [0.05, 0.1) is 33.0 Å². The summed E-state index contributed by atoms with van der Waals surface area (Å²) >= 11 is 13.5. The maximum absolute atomic E-state index is 14.4. The third kappa shape index (κ3) is 6.93. The fourth-order valence-corrected chi connectivity index (χ4v) is 5.56. The lowest BCUT2D eigenvalue weighted by Crippen LogP contribution is -2.48. The zero-order chi connectivity index (χ0) is 33.0. The van der Waals surface area contributed by atoms with E-state index in [2.05, 4.69) is 20.9 Å². The summed E-state index contributed by atoms with van der Waals surface area (Å²) in [6.07, 6.45) is 1.95. The molecule has 0 bridgehead atoms. The number of urea groups is 1. The molecule has 2 heterocycles. The van der Waals surface area contributed by atoms with E-state index in [1.807, 2.05) is 6.07 Å². The number of nitrogens with zero attached hydrogens (tertiary/aromatic N) is 4. The van der Waals surface area contributed by atoms with E-state index in [0.29, 0.717) is 34.9 Å². The topological polar surface area (TPSA) is 138 Å². The Balaban J connectivity index is 1.55. The molecule has 1 aliphatic heterocycles. The summed E-state index contributed by atoms with van der Waals surface area (Å²) in [4.78, 5) is 50.0. The molecule has 46 heavy (non-hydrogen) atoms. The molecule has 0 spiro atoms. The van der Waals surface area contributed by atoms with Gasteiger partial charge in [0.2, 0.25) is 17.8 Å². The summed E-state index contributed by atoms with van der Waals surface area (Å²) in [6.45, 7) is 3.35. The molecule has 1 aliphatic rings. The first kappa shape index (κ1) is 32.3. The number of methoxy groups -OCH3 is 2. The first-order valence-corrected chi connectivity index (χ1v) is 15.0. The molecule has 0 fully saturated rings. The molecule has 3 N–H and O–H groups in total. The second kappa shape index (κ2) is 13.9. The fourth-order valence-electron chi connectivity index (χ4n) is 4.85. The highest BCUT2D eigenvalue weighted by Gasteiger charge is 2.37. The van der Waals surface area contributed by atoms with Crippen LogP contribution < -0.4 is 35.2 Å². The van der Waals surface area contributed by atoms with Gasteiger partial charge in [-0.2, -0.15) is 4.98 Å². The van der Waals surface area contributed by atoms with Crippen molar-refractivity contribution >= 4 is 75.6 Å². The van der Waals surface area contributed by atoms with E-state index in [1.54, 1.807) is 61.7 Å². The van der Waals surface area contributed by atoms with Crippen LogP contribution in [0.1, 0.15) is 31.4 Å². The smallest absolute Gasteiger partial charge is 0.330 e. The van der Waals surface area contributed by atoms with Gasteiger partial charge in [0.15, 0.2) is 0 Å². The summed E-state index contributed by atoms with van der Waals surface area (Å²) in [5, 5.41) is 9.00. The van der Waals surface area contributed by atoms with Gasteiger partial charge in [-0.15, -0.1) is 0 Å². The summed E-state index contributed by atoms with van der Waals surface area (Å²) in [5.74, 6) is 0.878. The van der Waals surface area contributed by atoms with Crippen LogP contribution in [-0.2, 0) is 22.7 Å². The van der Waals surface area contributed by atoms with Crippen molar-refractivity contribution in [2.24, 2.45) is 0 Å². The van der Waals surface area contributed by atoms with E-state index in [4.69, 9.17) is 37.7 Å². The highest BCUT2D eigenvalue weighted by Crippen LogP contribution is 2.48. The molecule has 5 rings (SSSR count). The third-order valence-electron chi connectivity index (χ3n) is 7.04. The first-order chi connectivity index (χ1) is 22.1. The molecule has 4 amide bonds. The van der Waals surface area contributed by atoms with Crippen LogP contribution in [0.3, 0.4) is 0 Å². The predicted octanol–water partition coefficient (Wildman–Crippen LogP) is 7.00. The van der Waals surface area contributed by atoms with Crippen LogP contribution >= 0.6 is 23.2 Å². The maximum atomic E-state index is 14.4. The zero-order valence-corrected chi connectivity index (χ0v) is 27.0. The Morgan fingerprint density at radius 3 is 2.24 bits per heavy atom. The Labute approximate surface area is 275 Å². The lowest BCUT2D eigenvalue weighted by Gasteiger charge is -2.37. The number of halogens is 2. The van der Waals surface area contributed by atoms with Gasteiger partial charge < -0.3 is 25.4 Å². The van der Waals surface area contributed by atoms with Gasteiger partial charge in [0.25, 0.3) is 0 Å². The number of carbonyl (C=O) groups is 3. The average molecular weight is 665 g/mol. The number of fused-ring (bicyclic) bond motifs is 1. The number of carbonyl (C=O) groups excluding carboxylic acids is 3. The van der Waals surface area contributed by atoms with Crippen LogP contribution in [0.2, 0.25) is 10.0 Å². The van der Waals surface area contributed by atoms with Crippen LogP contribution in [0.25, 0.3) is 0 Å². The number of rotatable bonds is 10. The normalized spacial score (nSPS) is 12.3. The minimum Gasteiger partial charge on any atom is -0.495 e. The van der Waals surface area contributed by atoms with Crippen molar-refractivity contribution in [3.05, 3.63) is 82.0 Å². The van der Waals surface area contributed by atoms with E-state index >= 15 is 0 Å². The monoisotopic (exact) mass is 663 g/mol. The first-order valence-electron chi connectivity index (χ1n) is 14.2. The van der Waals surface area contributed by atoms with Gasteiger partial charge in [-0.3, -0.25) is 19.4 Å². The Morgan fingerprint density at radius 1 is 0.935 bits per heavy atom. The number of hydrogen-bond acceptors (Lipinski definition) is 8. The Kier molecular flexibility index (Phi) is 9.78. The largest absolute Gasteiger partial charge is 0.495 e. The van der Waals surface area contributed by atoms with Crippen LogP contribution in [0.4, 0.5) is 39.3 Å². The molecule has 4 aromatic rings. The summed E-state index contributed by atoms with van der Waals surface area (Å²) < 4.78 is 10.9. The molecule has 0 unspecified atom stereocenters. The average Bonchev–Trinajstić information content (AvgIpc) is 3.04. The van der Waals surface area contributed by atoms with E-state index in [1.165, 1.54) is 30.9 Å². The number of amides is 4. The fraction of sp³-hybridized carbons (Fsp3) is 0.219. The van der Waals surface area contributed by atoms with Crippen molar-refractivity contribution in [3.63, 3.8) is 0 Å². The summed E-state index contributed by atoms with van der Waals surface area (Å²) in [5.41, 5.74) is 3.48. The molecule has 0 aliphatic carbocycles. The van der Waals surface area contributed by atoms with E-state index in [-0.39, 0.29) is 58.1 Å². The number of benzene rings is 3. The highest BCUT2D eigenvalue weighted by atomic mass is 35.5. The number of ether oxygens (including phenoxy) is 2. The number of anilines is 6. The Bertz CT molecular complexity index is 1770. The Morgan fingerprint density at radius 2 is 1.61 bits per heavy atom. The molecule has 3 aromatic carbocycles. The maximum Gasteiger partial charge on any atom is 0.330 e. The molecule has 0 radical (unpaired) electrons. The second-order valence-electron chi connectivity index (χ2n) is 10.2. The van der Waals surface area contributed by atoms with E-state index in [0.717, 1.165) is 5.56 Å². The molecule has 0 atom stereocenters. The molecule has 238 valence electrons. The lowest BCUT2D eigenvalue weighted by atomic mass is 10.1. The molecule has 0 saturated carbocycles. The standard InChI is InChI=1S/C32H31Cl2N7O5/c1-5-26(43)37-23-8-6-7-19(13-23)16-41-30-20(15-35-31(39-30)38-22-11-9-21(10-12-22)36-18(2)42)17-40(32(41)44)29-27(33)24(45-3)14-25(46-4)28(29)34/h6-15H,5,16-17H2,1-4H3,(H,36,42)(H,37,43)(H,35,38,39). The van der Waals surface area contributed by atoms with Crippen LogP contribution in [-0.4, -0.2) is 42.0 Å². The molecule has 14 heteroatoms. The van der Waals surface area contributed by atoms with Gasteiger partial charge in [-0.25, -0.2) is 9.78 Å². The second-order valence-corrected chi connectivity index (χ2v) is 11.0. The van der Waals surface area contributed by atoms with E-state index < -0.39 is 6.03 Å².